The molecule has 2 rings (SSSR count). The second kappa shape index (κ2) is 6.41. The number of hydrogen-bond acceptors (Lipinski definition) is 5. The molecule has 1 unspecified atom stereocenters. The Labute approximate surface area is 121 Å². The lowest BCUT2D eigenvalue weighted by atomic mass is 10.0. The van der Waals surface area contributed by atoms with Crippen molar-refractivity contribution >= 4 is 11.4 Å². The maximum absolute atomic E-state index is 9.38. The zero-order valence-corrected chi connectivity index (χ0v) is 12.6. The Kier molecular flexibility index (Phi) is 4.83. The number of nitrogens with zero attached hydrogens (tertiary/aromatic N) is 2. The van der Waals surface area contributed by atoms with Crippen LogP contribution in [0.15, 0.2) is 18.5 Å². The summed E-state index contributed by atoms with van der Waals surface area (Å²) < 4.78 is 5.84. The van der Waals surface area contributed by atoms with Gasteiger partial charge in [0, 0.05) is 19.6 Å². The highest BCUT2D eigenvalue weighted by Crippen LogP contribution is 2.26. The van der Waals surface area contributed by atoms with Crippen molar-refractivity contribution in [3.63, 3.8) is 0 Å². The van der Waals surface area contributed by atoms with Crippen LogP contribution in [-0.4, -0.2) is 48.0 Å². The van der Waals surface area contributed by atoms with E-state index in [9.17, 15) is 5.11 Å². The van der Waals surface area contributed by atoms with Gasteiger partial charge in [-0.1, -0.05) is 6.92 Å². The number of morpholine rings is 1. The van der Waals surface area contributed by atoms with E-state index in [0.717, 1.165) is 30.9 Å². The van der Waals surface area contributed by atoms with Crippen LogP contribution < -0.4 is 10.2 Å². The van der Waals surface area contributed by atoms with Crippen LogP contribution in [-0.2, 0) is 4.74 Å². The summed E-state index contributed by atoms with van der Waals surface area (Å²) in [6.45, 7) is 8.71. The van der Waals surface area contributed by atoms with Gasteiger partial charge in [0.15, 0.2) is 0 Å². The average Bonchev–Trinajstić information content (AvgIpc) is 2.43. The predicted molar refractivity (Wildman–Crippen MR) is 81.3 cm³/mol. The third-order valence-corrected chi connectivity index (χ3v) is 3.35. The van der Waals surface area contributed by atoms with Crippen molar-refractivity contribution in [3.8, 4) is 0 Å². The zero-order valence-electron chi connectivity index (χ0n) is 12.6. The first-order chi connectivity index (χ1) is 9.54. The minimum absolute atomic E-state index is 0.0428. The summed E-state index contributed by atoms with van der Waals surface area (Å²) in [5.74, 6) is 0. The first-order valence-corrected chi connectivity index (χ1v) is 7.26. The van der Waals surface area contributed by atoms with Crippen molar-refractivity contribution in [3.05, 3.63) is 18.5 Å². The van der Waals surface area contributed by atoms with Gasteiger partial charge in [0.2, 0.25) is 0 Å². The van der Waals surface area contributed by atoms with Crippen LogP contribution in [0.25, 0.3) is 0 Å². The summed E-state index contributed by atoms with van der Waals surface area (Å²) in [7, 11) is 0. The smallest absolute Gasteiger partial charge is 0.0988 e. The summed E-state index contributed by atoms with van der Waals surface area (Å²) >= 11 is 0. The number of anilines is 2. The van der Waals surface area contributed by atoms with Crippen molar-refractivity contribution in [1.82, 2.24) is 4.98 Å². The topological polar surface area (TPSA) is 57.6 Å². The molecule has 1 aromatic heterocycles. The van der Waals surface area contributed by atoms with Gasteiger partial charge in [0.25, 0.3) is 0 Å². The Morgan fingerprint density at radius 1 is 1.50 bits per heavy atom. The Balaban J connectivity index is 2.13. The van der Waals surface area contributed by atoms with Crippen LogP contribution in [0, 0.1) is 0 Å². The average molecular weight is 279 g/mol. The SMILES string of the molecule is CCCNc1cncc(N2CC(CO)OC(C)(C)C2)c1. The van der Waals surface area contributed by atoms with Gasteiger partial charge in [-0.3, -0.25) is 4.98 Å². The van der Waals surface area contributed by atoms with E-state index < -0.39 is 0 Å². The van der Waals surface area contributed by atoms with Gasteiger partial charge in [-0.2, -0.15) is 0 Å². The van der Waals surface area contributed by atoms with E-state index in [1.54, 1.807) is 0 Å². The summed E-state index contributed by atoms with van der Waals surface area (Å²) in [6, 6.07) is 2.11. The van der Waals surface area contributed by atoms with Crippen LogP contribution >= 0.6 is 0 Å². The molecule has 0 radical (unpaired) electrons. The number of nitrogens with one attached hydrogen (secondary N) is 1. The monoisotopic (exact) mass is 279 g/mol. The number of rotatable bonds is 5. The standard InChI is InChI=1S/C15H25N3O2/c1-4-5-17-12-6-13(8-16-7-12)18-9-14(10-19)20-15(2,3)11-18/h6-8,14,17,19H,4-5,9-11H2,1-3H3. The number of pyridine rings is 1. The number of aromatic nitrogens is 1. The third-order valence-electron chi connectivity index (χ3n) is 3.35. The molecule has 20 heavy (non-hydrogen) atoms. The minimum atomic E-state index is -0.265. The van der Waals surface area contributed by atoms with Gasteiger partial charge < -0.3 is 20.1 Å². The molecule has 5 nitrogen and oxygen atoms in total. The van der Waals surface area contributed by atoms with Crippen LogP contribution in [0.1, 0.15) is 27.2 Å². The molecule has 0 amide bonds. The molecule has 5 heteroatoms. The lowest BCUT2D eigenvalue weighted by molar-refractivity contribution is -0.101. The van der Waals surface area contributed by atoms with Gasteiger partial charge in [-0.05, 0) is 26.3 Å². The zero-order chi connectivity index (χ0) is 14.6. The highest BCUT2D eigenvalue weighted by molar-refractivity contribution is 5.56. The molecule has 1 aliphatic heterocycles. The normalized spacial score (nSPS) is 21.8. The van der Waals surface area contributed by atoms with Crippen molar-refractivity contribution in [2.45, 2.75) is 38.9 Å². The van der Waals surface area contributed by atoms with E-state index in [-0.39, 0.29) is 18.3 Å². The number of aliphatic hydroxyl groups is 1. The minimum Gasteiger partial charge on any atom is -0.394 e. The summed E-state index contributed by atoms with van der Waals surface area (Å²) in [6.07, 6.45) is 4.65. The first kappa shape index (κ1) is 15.1. The Bertz CT molecular complexity index is 437. The molecule has 1 aromatic rings. The summed E-state index contributed by atoms with van der Waals surface area (Å²) in [5, 5.41) is 12.7. The molecule has 1 atom stereocenters. The van der Waals surface area contributed by atoms with Gasteiger partial charge in [0.05, 0.1) is 42.1 Å². The lowest BCUT2D eigenvalue weighted by Crippen LogP contribution is -2.54. The molecular weight excluding hydrogens is 254 g/mol. The van der Waals surface area contributed by atoms with Gasteiger partial charge in [0.1, 0.15) is 0 Å². The fourth-order valence-corrected chi connectivity index (χ4v) is 2.55. The molecule has 2 heterocycles. The molecule has 0 aromatic carbocycles. The Morgan fingerprint density at radius 3 is 3.00 bits per heavy atom. The van der Waals surface area contributed by atoms with Gasteiger partial charge in [-0.15, -0.1) is 0 Å². The summed E-state index contributed by atoms with van der Waals surface area (Å²) in [4.78, 5) is 6.53. The molecule has 0 saturated carbocycles. The molecule has 0 bridgehead atoms. The quantitative estimate of drug-likeness (QED) is 0.862. The van der Waals surface area contributed by atoms with Crippen LogP contribution in [0.2, 0.25) is 0 Å². The van der Waals surface area contributed by atoms with Crippen molar-refractivity contribution in [1.29, 1.82) is 0 Å². The number of ether oxygens (including phenoxy) is 1. The summed E-state index contributed by atoms with van der Waals surface area (Å²) in [5.41, 5.74) is 1.84. The molecular formula is C15H25N3O2. The first-order valence-electron chi connectivity index (χ1n) is 7.26. The van der Waals surface area contributed by atoms with Crippen LogP contribution in [0.3, 0.4) is 0 Å². The van der Waals surface area contributed by atoms with Gasteiger partial charge in [-0.25, -0.2) is 0 Å². The van der Waals surface area contributed by atoms with E-state index in [0.29, 0.717) is 6.54 Å². The Hall–Kier alpha value is -1.33. The third kappa shape index (κ3) is 3.84. The maximum Gasteiger partial charge on any atom is 0.0988 e. The molecule has 1 aliphatic rings. The molecule has 2 N–H and O–H groups in total. The van der Waals surface area contributed by atoms with E-state index >= 15 is 0 Å². The number of hydrogen-bond donors (Lipinski definition) is 2. The molecule has 0 spiro atoms. The van der Waals surface area contributed by atoms with E-state index in [2.05, 4.69) is 42.0 Å². The van der Waals surface area contributed by atoms with Crippen LogP contribution in [0.5, 0.6) is 0 Å². The van der Waals surface area contributed by atoms with Crippen molar-refractivity contribution < 1.29 is 9.84 Å². The Morgan fingerprint density at radius 2 is 2.30 bits per heavy atom. The fourth-order valence-electron chi connectivity index (χ4n) is 2.55. The highest BCUT2D eigenvalue weighted by Gasteiger charge is 2.33. The molecule has 112 valence electrons. The maximum atomic E-state index is 9.38. The van der Waals surface area contributed by atoms with E-state index in [4.69, 9.17) is 4.74 Å². The van der Waals surface area contributed by atoms with E-state index in [1.165, 1.54) is 0 Å². The van der Waals surface area contributed by atoms with Gasteiger partial charge >= 0.3 is 0 Å². The largest absolute Gasteiger partial charge is 0.394 e. The second-order valence-corrected chi connectivity index (χ2v) is 5.92. The number of aliphatic hydroxyl groups excluding tert-OH is 1. The molecule has 1 fully saturated rings. The fraction of sp³-hybridized carbons (Fsp3) is 0.667. The van der Waals surface area contributed by atoms with E-state index in [1.807, 2.05) is 12.4 Å². The van der Waals surface area contributed by atoms with Crippen molar-refractivity contribution in [2.75, 3.05) is 36.5 Å². The molecule has 1 saturated heterocycles. The second-order valence-electron chi connectivity index (χ2n) is 5.92. The highest BCUT2D eigenvalue weighted by atomic mass is 16.5. The lowest BCUT2D eigenvalue weighted by Gasteiger charge is -2.43. The van der Waals surface area contributed by atoms with Crippen molar-refractivity contribution in [2.24, 2.45) is 0 Å². The molecule has 0 aliphatic carbocycles. The van der Waals surface area contributed by atoms with Crippen LogP contribution in [0.4, 0.5) is 11.4 Å². The predicted octanol–water partition coefficient (Wildman–Crippen LogP) is 1.88.